The lowest BCUT2D eigenvalue weighted by Gasteiger charge is -2.33. The van der Waals surface area contributed by atoms with E-state index in [0.29, 0.717) is 12.0 Å². The number of likely N-dealkylation sites (tertiary alicyclic amines) is 1. The van der Waals surface area contributed by atoms with E-state index in [2.05, 4.69) is 35.0 Å². The van der Waals surface area contributed by atoms with Crippen molar-refractivity contribution in [3.63, 3.8) is 0 Å². The van der Waals surface area contributed by atoms with Gasteiger partial charge in [0, 0.05) is 12.0 Å². The molecule has 21 heavy (non-hydrogen) atoms. The molecule has 1 aliphatic heterocycles. The molecule has 112 valence electrons. The first kappa shape index (κ1) is 13.2. The number of aryl methyl sites for hydroxylation is 2. The summed E-state index contributed by atoms with van der Waals surface area (Å²) in [5.41, 5.74) is 3.55. The second-order valence-corrected chi connectivity index (χ2v) is 6.70. The van der Waals surface area contributed by atoms with Crippen molar-refractivity contribution < 1.29 is 0 Å². The van der Waals surface area contributed by atoms with Crippen LogP contribution in [0.3, 0.4) is 0 Å². The normalized spacial score (nSPS) is 20.5. The molecule has 0 amide bonds. The highest BCUT2D eigenvalue weighted by atomic mass is 15.4. The SMILES string of the molecule is CC(C)N1CCC(c2nnc3cc4c(nn23)CCC4)CC1. The highest BCUT2D eigenvalue weighted by molar-refractivity contribution is 5.43. The molecule has 0 radical (unpaired) electrons. The maximum Gasteiger partial charge on any atom is 0.178 e. The molecule has 0 aromatic carbocycles. The van der Waals surface area contributed by atoms with Crippen LogP contribution in [0.4, 0.5) is 0 Å². The molecule has 0 bridgehead atoms. The van der Waals surface area contributed by atoms with Crippen molar-refractivity contribution in [1.29, 1.82) is 0 Å². The van der Waals surface area contributed by atoms with Gasteiger partial charge in [-0.05, 0) is 70.7 Å². The molecule has 5 heteroatoms. The lowest BCUT2D eigenvalue weighted by atomic mass is 9.95. The number of fused-ring (bicyclic) bond motifs is 2. The Hall–Kier alpha value is -1.49. The highest BCUT2D eigenvalue weighted by Crippen LogP contribution is 2.29. The van der Waals surface area contributed by atoms with Crippen molar-refractivity contribution >= 4 is 5.65 Å². The van der Waals surface area contributed by atoms with E-state index in [0.717, 1.165) is 50.2 Å². The molecule has 0 N–H and O–H groups in total. The summed E-state index contributed by atoms with van der Waals surface area (Å²) >= 11 is 0. The molecule has 2 aromatic heterocycles. The van der Waals surface area contributed by atoms with Crippen molar-refractivity contribution in [2.45, 2.75) is 57.9 Å². The van der Waals surface area contributed by atoms with Crippen LogP contribution in [0.5, 0.6) is 0 Å². The van der Waals surface area contributed by atoms with Crippen molar-refractivity contribution in [3.8, 4) is 0 Å². The zero-order valence-corrected chi connectivity index (χ0v) is 12.9. The summed E-state index contributed by atoms with van der Waals surface area (Å²) in [7, 11) is 0. The van der Waals surface area contributed by atoms with Gasteiger partial charge < -0.3 is 4.90 Å². The Morgan fingerprint density at radius 1 is 1.14 bits per heavy atom. The first-order valence-electron chi connectivity index (χ1n) is 8.20. The molecule has 2 aromatic rings. The fourth-order valence-electron chi connectivity index (χ4n) is 3.72. The molecule has 1 aliphatic carbocycles. The Kier molecular flexibility index (Phi) is 3.17. The number of aromatic nitrogens is 4. The van der Waals surface area contributed by atoms with E-state index in [1.165, 1.54) is 17.7 Å². The van der Waals surface area contributed by atoms with Crippen LogP contribution in [0.2, 0.25) is 0 Å². The van der Waals surface area contributed by atoms with Crippen LogP contribution < -0.4 is 0 Å². The first-order valence-corrected chi connectivity index (χ1v) is 8.20. The average molecular weight is 285 g/mol. The molecular formula is C16H23N5. The van der Waals surface area contributed by atoms with Crippen LogP contribution in [-0.2, 0) is 12.8 Å². The van der Waals surface area contributed by atoms with Gasteiger partial charge in [-0.25, -0.2) is 0 Å². The minimum atomic E-state index is 0.502. The van der Waals surface area contributed by atoms with E-state index in [9.17, 15) is 0 Å². The molecule has 0 spiro atoms. The van der Waals surface area contributed by atoms with Gasteiger partial charge in [-0.2, -0.15) is 9.61 Å². The smallest absolute Gasteiger partial charge is 0.178 e. The zero-order valence-electron chi connectivity index (χ0n) is 12.9. The van der Waals surface area contributed by atoms with Gasteiger partial charge in [-0.3, -0.25) is 0 Å². The summed E-state index contributed by atoms with van der Waals surface area (Å²) in [6, 6.07) is 2.83. The van der Waals surface area contributed by atoms with Crippen LogP contribution in [0, 0.1) is 0 Å². The van der Waals surface area contributed by atoms with E-state index in [-0.39, 0.29) is 0 Å². The molecule has 0 unspecified atom stereocenters. The topological polar surface area (TPSA) is 46.3 Å². The molecule has 3 heterocycles. The van der Waals surface area contributed by atoms with Gasteiger partial charge in [0.2, 0.25) is 0 Å². The van der Waals surface area contributed by atoms with E-state index in [1.54, 1.807) is 0 Å². The number of nitrogens with zero attached hydrogens (tertiary/aromatic N) is 5. The summed E-state index contributed by atoms with van der Waals surface area (Å²) in [4.78, 5) is 2.55. The fourth-order valence-corrected chi connectivity index (χ4v) is 3.72. The summed E-state index contributed by atoms with van der Waals surface area (Å²) in [6.07, 6.45) is 5.81. The summed E-state index contributed by atoms with van der Waals surface area (Å²) < 4.78 is 2.01. The predicted molar refractivity (Wildman–Crippen MR) is 81.5 cm³/mol. The van der Waals surface area contributed by atoms with Crippen LogP contribution in [0.1, 0.15) is 56.1 Å². The number of piperidine rings is 1. The first-order chi connectivity index (χ1) is 10.2. The third-order valence-electron chi connectivity index (χ3n) is 5.07. The Bertz CT molecular complexity index is 652. The minimum absolute atomic E-state index is 0.502. The van der Waals surface area contributed by atoms with E-state index >= 15 is 0 Å². The van der Waals surface area contributed by atoms with Crippen LogP contribution >= 0.6 is 0 Å². The monoisotopic (exact) mass is 285 g/mol. The van der Waals surface area contributed by atoms with Gasteiger partial charge in [0.25, 0.3) is 0 Å². The van der Waals surface area contributed by atoms with E-state index in [4.69, 9.17) is 5.10 Å². The third kappa shape index (κ3) is 2.24. The predicted octanol–water partition coefficient (Wildman–Crippen LogP) is 2.20. The maximum absolute atomic E-state index is 4.82. The summed E-state index contributed by atoms with van der Waals surface area (Å²) in [5, 5.41) is 13.6. The third-order valence-corrected chi connectivity index (χ3v) is 5.07. The molecule has 0 atom stereocenters. The molecule has 4 rings (SSSR count). The summed E-state index contributed by atoms with van der Waals surface area (Å²) in [6.45, 7) is 6.86. The van der Waals surface area contributed by atoms with Crippen LogP contribution in [-0.4, -0.2) is 43.8 Å². The highest BCUT2D eigenvalue weighted by Gasteiger charge is 2.26. The Balaban J connectivity index is 1.62. The van der Waals surface area contributed by atoms with Crippen molar-refractivity contribution in [1.82, 2.24) is 24.7 Å². The molecular weight excluding hydrogens is 262 g/mol. The maximum atomic E-state index is 4.82. The second kappa shape index (κ2) is 5.05. The zero-order chi connectivity index (χ0) is 14.4. The Morgan fingerprint density at radius 2 is 1.95 bits per heavy atom. The van der Waals surface area contributed by atoms with Gasteiger partial charge in [0.05, 0.1) is 5.69 Å². The molecule has 1 fully saturated rings. The fraction of sp³-hybridized carbons (Fsp3) is 0.688. The van der Waals surface area contributed by atoms with Crippen molar-refractivity contribution in [2.24, 2.45) is 0 Å². The van der Waals surface area contributed by atoms with Gasteiger partial charge in [0.15, 0.2) is 11.5 Å². The van der Waals surface area contributed by atoms with Crippen LogP contribution in [0.25, 0.3) is 5.65 Å². The van der Waals surface area contributed by atoms with Gasteiger partial charge in [0.1, 0.15) is 0 Å². The Morgan fingerprint density at radius 3 is 2.71 bits per heavy atom. The van der Waals surface area contributed by atoms with E-state index in [1.807, 2.05) is 4.52 Å². The molecule has 0 saturated carbocycles. The molecule has 5 nitrogen and oxygen atoms in total. The summed E-state index contributed by atoms with van der Waals surface area (Å²) in [5.74, 6) is 1.57. The van der Waals surface area contributed by atoms with Crippen molar-refractivity contribution in [2.75, 3.05) is 13.1 Å². The molecule has 2 aliphatic rings. The standard InChI is InChI=1S/C16H23N5/c1-11(2)20-8-6-12(7-9-20)16-18-17-15-10-13-4-3-5-14(13)19-21(15)16/h10-12H,3-9H2,1-2H3. The largest absolute Gasteiger partial charge is 0.301 e. The number of hydrogen-bond acceptors (Lipinski definition) is 4. The van der Waals surface area contributed by atoms with Crippen LogP contribution in [0.15, 0.2) is 6.07 Å². The minimum Gasteiger partial charge on any atom is -0.301 e. The second-order valence-electron chi connectivity index (χ2n) is 6.70. The average Bonchev–Trinajstić information content (AvgIpc) is 3.10. The van der Waals surface area contributed by atoms with Gasteiger partial charge in [-0.1, -0.05) is 0 Å². The lowest BCUT2D eigenvalue weighted by Crippen LogP contribution is -2.38. The number of rotatable bonds is 2. The van der Waals surface area contributed by atoms with Gasteiger partial charge in [-0.15, -0.1) is 10.2 Å². The Labute approximate surface area is 125 Å². The molecule has 1 saturated heterocycles. The van der Waals surface area contributed by atoms with Crippen molar-refractivity contribution in [3.05, 3.63) is 23.1 Å². The quantitative estimate of drug-likeness (QED) is 0.848. The number of hydrogen-bond donors (Lipinski definition) is 0. The van der Waals surface area contributed by atoms with Gasteiger partial charge >= 0.3 is 0 Å². The van der Waals surface area contributed by atoms with E-state index < -0.39 is 0 Å². The lowest BCUT2D eigenvalue weighted by molar-refractivity contribution is 0.169.